The van der Waals surface area contributed by atoms with Crippen LogP contribution in [0.25, 0.3) is 17.1 Å². The number of carbonyl (C=O) groups excluding carboxylic acids is 1. The summed E-state index contributed by atoms with van der Waals surface area (Å²) in [5.41, 5.74) is 6.00. The van der Waals surface area contributed by atoms with Gasteiger partial charge in [0.25, 0.3) is 5.91 Å². The van der Waals surface area contributed by atoms with Crippen molar-refractivity contribution >= 4 is 11.6 Å². The molecule has 1 aromatic heterocycles. The van der Waals surface area contributed by atoms with Crippen LogP contribution in [0.15, 0.2) is 72.8 Å². The highest BCUT2D eigenvalue weighted by atomic mass is 16.2. The lowest BCUT2D eigenvalue weighted by Crippen LogP contribution is -2.14. The van der Waals surface area contributed by atoms with Crippen LogP contribution in [0.2, 0.25) is 0 Å². The van der Waals surface area contributed by atoms with Gasteiger partial charge in [0.15, 0.2) is 5.82 Å². The predicted octanol–water partition coefficient (Wildman–Crippen LogP) is 5.11. The average molecular weight is 382 g/mol. The van der Waals surface area contributed by atoms with Crippen molar-refractivity contribution in [1.82, 2.24) is 14.8 Å². The number of aryl methyl sites for hydroxylation is 3. The molecule has 1 N–H and O–H groups in total. The van der Waals surface area contributed by atoms with Gasteiger partial charge in [0.05, 0.1) is 5.69 Å². The first-order chi connectivity index (χ1) is 14.0. The second-order valence-electron chi connectivity index (χ2n) is 7.13. The minimum Gasteiger partial charge on any atom is -0.319 e. The Bertz CT molecular complexity index is 1160. The summed E-state index contributed by atoms with van der Waals surface area (Å²) in [4.78, 5) is 17.3. The van der Waals surface area contributed by atoms with Crippen LogP contribution in [-0.4, -0.2) is 20.7 Å². The molecule has 144 valence electrons. The molecule has 0 spiro atoms. The molecular formula is C24H22N4O. The summed E-state index contributed by atoms with van der Waals surface area (Å²) in [7, 11) is 0. The molecule has 5 heteroatoms. The number of anilines is 1. The molecule has 0 unspecified atom stereocenters. The molecule has 0 aliphatic heterocycles. The fourth-order valence-electron chi connectivity index (χ4n) is 3.04. The molecule has 4 rings (SSSR count). The van der Waals surface area contributed by atoms with Crippen molar-refractivity contribution in [2.75, 3.05) is 5.32 Å². The Morgan fingerprint density at radius 3 is 2.28 bits per heavy atom. The van der Waals surface area contributed by atoms with Crippen LogP contribution in [0, 0.1) is 20.8 Å². The zero-order chi connectivity index (χ0) is 20.4. The number of benzene rings is 3. The minimum absolute atomic E-state index is 0.127. The summed E-state index contributed by atoms with van der Waals surface area (Å²) in [6, 6.07) is 23.4. The molecule has 0 aliphatic carbocycles. The maximum absolute atomic E-state index is 12.8. The van der Waals surface area contributed by atoms with E-state index in [1.165, 1.54) is 5.56 Å². The van der Waals surface area contributed by atoms with E-state index >= 15 is 0 Å². The van der Waals surface area contributed by atoms with E-state index in [1.54, 1.807) is 4.68 Å². The monoisotopic (exact) mass is 382 g/mol. The van der Waals surface area contributed by atoms with Crippen LogP contribution >= 0.6 is 0 Å². The number of hydrogen-bond donors (Lipinski definition) is 1. The van der Waals surface area contributed by atoms with Crippen molar-refractivity contribution in [3.05, 3.63) is 95.3 Å². The molecule has 1 amide bonds. The predicted molar refractivity (Wildman–Crippen MR) is 115 cm³/mol. The highest BCUT2D eigenvalue weighted by Gasteiger charge is 2.19. The number of nitrogens with zero attached hydrogens (tertiary/aromatic N) is 3. The fraction of sp³-hybridized carbons (Fsp3) is 0.125. The van der Waals surface area contributed by atoms with Crippen LogP contribution in [0.5, 0.6) is 0 Å². The third kappa shape index (κ3) is 3.94. The van der Waals surface area contributed by atoms with Gasteiger partial charge in [-0.1, -0.05) is 54.1 Å². The summed E-state index contributed by atoms with van der Waals surface area (Å²) in [5.74, 6) is 0.418. The van der Waals surface area contributed by atoms with E-state index in [-0.39, 0.29) is 11.7 Å². The first-order valence-corrected chi connectivity index (χ1v) is 9.49. The Morgan fingerprint density at radius 1 is 0.862 bits per heavy atom. The maximum atomic E-state index is 12.8. The van der Waals surface area contributed by atoms with Gasteiger partial charge in [0.2, 0.25) is 5.82 Å². The van der Waals surface area contributed by atoms with Crippen LogP contribution < -0.4 is 5.32 Å². The van der Waals surface area contributed by atoms with E-state index in [2.05, 4.69) is 41.4 Å². The fourth-order valence-corrected chi connectivity index (χ4v) is 3.04. The van der Waals surface area contributed by atoms with Crippen LogP contribution in [0.1, 0.15) is 27.3 Å². The summed E-state index contributed by atoms with van der Waals surface area (Å²) >= 11 is 0. The molecule has 0 saturated carbocycles. The van der Waals surface area contributed by atoms with Gasteiger partial charge < -0.3 is 5.32 Å². The van der Waals surface area contributed by atoms with Crippen LogP contribution in [0.4, 0.5) is 5.69 Å². The average Bonchev–Trinajstić information content (AvgIpc) is 3.17. The number of aromatic nitrogens is 3. The van der Waals surface area contributed by atoms with E-state index in [1.807, 2.05) is 67.6 Å². The highest BCUT2D eigenvalue weighted by Crippen LogP contribution is 2.23. The number of hydrogen-bond acceptors (Lipinski definition) is 3. The van der Waals surface area contributed by atoms with Gasteiger partial charge in [0.1, 0.15) is 0 Å². The van der Waals surface area contributed by atoms with Gasteiger partial charge in [-0.05, 0) is 56.2 Å². The zero-order valence-electron chi connectivity index (χ0n) is 16.7. The van der Waals surface area contributed by atoms with Gasteiger partial charge in [0, 0.05) is 11.3 Å². The number of nitrogens with one attached hydrogen (secondary N) is 1. The van der Waals surface area contributed by atoms with Crippen LogP contribution in [-0.2, 0) is 0 Å². The Kier molecular flexibility index (Phi) is 4.96. The van der Waals surface area contributed by atoms with E-state index in [9.17, 15) is 4.79 Å². The molecule has 0 saturated heterocycles. The van der Waals surface area contributed by atoms with E-state index in [0.29, 0.717) is 11.5 Å². The zero-order valence-corrected chi connectivity index (χ0v) is 16.7. The van der Waals surface area contributed by atoms with Gasteiger partial charge in [-0.3, -0.25) is 4.79 Å². The SMILES string of the molecule is Cc1ccc(-c2nc(C(=O)Nc3ccccc3)nn2-c2ccc(C)c(C)c2)cc1. The second-order valence-corrected chi connectivity index (χ2v) is 7.13. The minimum atomic E-state index is -0.341. The summed E-state index contributed by atoms with van der Waals surface area (Å²) in [6.45, 7) is 6.17. The molecule has 0 atom stereocenters. The smallest absolute Gasteiger partial charge is 0.295 e. The lowest BCUT2D eigenvalue weighted by molar-refractivity contribution is 0.101. The molecule has 29 heavy (non-hydrogen) atoms. The second kappa shape index (κ2) is 7.72. The molecule has 3 aromatic carbocycles. The summed E-state index contributed by atoms with van der Waals surface area (Å²) in [5, 5.41) is 7.39. The summed E-state index contributed by atoms with van der Waals surface area (Å²) in [6.07, 6.45) is 0. The number of amides is 1. The van der Waals surface area contributed by atoms with Crippen molar-refractivity contribution in [3.8, 4) is 17.1 Å². The first kappa shape index (κ1) is 18.6. The Hall–Kier alpha value is -3.73. The maximum Gasteiger partial charge on any atom is 0.295 e. The van der Waals surface area contributed by atoms with Gasteiger partial charge in [-0.25, -0.2) is 9.67 Å². The standard InChI is InChI=1S/C24H22N4O/c1-16-9-12-19(13-10-16)23-26-22(24(29)25-20-7-5-4-6-8-20)27-28(23)21-14-11-17(2)18(3)15-21/h4-15H,1-3H3,(H,25,29). The molecule has 0 radical (unpaired) electrons. The number of para-hydroxylation sites is 1. The molecule has 0 fully saturated rings. The van der Waals surface area contributed by atoms with E-state index in [0.717, 1.165) is 22.4 Å². The van der Waals surface area contributed by atoms with Gasteiger partial charge in [-0.15, -0.1) is 5.10 Å². The molecule has 0 aliphatic rings. The topological polar surface area (TPSA) is 59.8 Å². The largest absolute Gasteiger partial charge is 0.319 e. The van der Waals surface area contributed by atoms with Gasteiger partial charge in [-0.2, -0.15) is 0 Å². The van der Waals surface area contributed by atoms with Crippen molar-refractivity contribution in [3.63, 3.8) is 0 Å². The first-order valence-electron chi connectivity index (χ1n) is 9.49. The quantitative estimate of drug-likeness (QED) is 0.533. The number of rotatable bonds is 4. The summed E-state index contributed by atoms with van der Waals surface area (Å²) < 4.78 is 1.73. The Labute approximate surface area is 170 Å². The molecule has 0 bridgehead atoms. The van der Waals surface area contributed by atoms with Crippen molar-refractivity contribution in [1.29, 1.82) is 0 Å². The highest BCUT2D eigenvalue weighted by molar-refractivity contribution is 6.01. The Balaban J connectivity index is 1.78. The molecule has 5 nitrogen and oxygen atoms in total. The lowest BCUT2D eigenvalue weighted by atomic mass is 10.1. The molecule has 1 heterocycles. The van der Waals surface area contributed by atoms with Crippen LogP contribution in [0.3, 0.4) is 0 Å². The number of carbonyl (C=O) groups is 1. The van der Waals surface area contributed by atoms with Crippen molar-refractivity contribution < 1.29 is 4.79 Å². The lowest BCUT2D eigenvalue weighted by Gasteiger charge is -2.08. The molecule has 4 aromatic rings. The molecular weight excluding hydrogens is 360 g/mol. The van der Waals surface area contributed by atoms with Crippen molar-refractivity contribution in [2.24, 2.45) is 0 Å². The van der Waals surface area contributed by atoms with E-state index < -0.39 is 0 Å². The normalized spacial score (nSPS) is 10.7. The van der Waals surface area contributed by atoms with Gasteiger partial charge >= 0.3 is 0 Å². The third-order valence-electron chi connectivity index (χ3n) is 4.89. The Morgan fingerprint density at radius 2 is 1.59 bits per heavy atom. The third-order valence-corrected chi connectivity index (χ3v) is 4.89. The van der Waals surface area contributed by atoms with Crippen molar-refractivity contribution in [2.45, 2.75) is 20.8 Å². The van der Waals surface area contributed by atoms with E-state index in [4.69, 9.17) is 0 Å².